The van der Waals surface area contributed by atoms with E-state index in [1.807, 2.05) is 0 Å². The quantitative estimate of drug-likeness (QED) is 0.841. The van der Waals surface area contributed by atoms with Crippen molar-refractivity contribution in [3.63, 3.8) is 0 Å². The Kier molecular flexibility index (Phi) is 4.67. The summed E-state index contributed by atoms with van der Waals surface area (Å²) in [5.41, 5.74) is 0.223. The molecule has 0 atom stereocenters. The predicted molar refractivity (Wildman–Crippen MR) is 79.2 cm³/mol. The Bertz CT molecular complexity index is 683. The van der Waals surface area contributed by atoms with Crippen LogP contribution in [-0.2, 0) is 9.59 Å². The minimum absolute atomic E-state index is 0.223. The number of aliphatic carboxylic acids is 1. The molecule has 0 unspecified atom stereocenters. The number of carbonyl (C=O) groups excluding carboxylic acids is 1. The summed E-state index contributed by atoms with van der Waals surface area (Å²) in [5, 5.41) is 11.6. The van der Waals surface area contributed by atoms with Gasteiger partial charge < -0.3 is 15.2 Å². The lowest BCUT2D eigenvalue weighted by Gasteiger charge is -2.11. The summed E-state index contributed by atoms with van der Waals surface area (Å²) in [4.78, 5) is 21.8. The molecule has 0 saturated carbocycles. The van der Waals surface area contributed by atoms with Crippen molar-refractivity contribution in [3.8, 4) is 11.5 Å². The molecule has 1 amide bonds. The van der Waals surface area contributed by atoms with Gasteiger partial charge in [0, 0.05) is 10.0 Å². The van der Waals surface area contributed by atoms with Crippen LogP contribution in [0, 0.1) is 0 Å². The van der Waals surface area contributed by atoms with Gasteiger partial charge in [-0.05, 0) is 30.3 Å². The monoisotopic (exact) mass is 325 g/mol. The van der Waals surface area contributed by atoms with E-state index < -0.39 is 11.9 Å². The molecule has 21 heavy (non-hydrogen) atoms. The molecule has 0 radical (unpaired) electrons. The van der Waals surface area contributed by atoms with E-state index in [-0.39, 0.29) is 11.4 Å². The Morgan fingerprint density at radius 1 is 1.05 bits per heavy atom. The van der Waals surface area contributed by atoms with Crippen LogP contribution < -0.4 is 10.1 Å². The number of ether oxygens (including phenoxy) is 1. The van der Waals surface area contributed by atoms with Crippen LogP contribution in [0.3, 0.4) is 0 Å². The summed E-state index contributed by atoms with van der Waals surface area (Å²) < 4.78 is 5.58. The zero-order valence-electron chi connectivity index (χ0n) is 10.5. The minimum Gasteiger partial charge on any atom is -0.474 e. The zero-order valence-corrected chi connectivity index (χ0v) is 12.0. The number of benzene rings is 2. The van der Waals surface area contributed by atoms with Crippen molar-refractivity contribution >= 4 is 40.8 Å². The molecule has 2 aromatic rings. The lowest BCUT2D eigenvalue weighted by atomic mass is 10.3. The van der Waals surface area contributed by atoms with Gasteiger partial charge in [0.25, 0.3) is 0 Å². The Balaban J connectivity index is 2.27. The van der Waals surface area contributed by atoms with Gasteiger partial charge in [0.2, 0.25) is 0 Å². The average molecular weight is 326 g/mol. The van der Waals surface area contributed by atoms with Gasteiger partial charge >= 0.3 is 11.9 Å². The molecule has 0 aromatic heterocycles. The number of carboxylic acids is 1. The predicted octanol–water partition coefficient (Wildman–Crippen LogP) is 3.81. The van der Waals surface area contributed by atoms with Crippen molar-refractivity contribution in [2.75, 3.05) is 5.32 Å². The summed E-state index contributed by atoms with van der Waals surface area (Å²) in [6, 6.07) is 11.0. The van der Waals surface area contributed by atoms with Gasteiger partial charge in [0.05, 0.1) is 5.69 Å². The van der Waals surface area contributed by atoms with Crippen LogP contribution in [0.5, 0.6) is 11.5 Å². The lowest BCUT2D eigenvalue weighted by Crippen LogP contribution is -2.22. The number of halogens is 2. The molecule has 0 saturated heterocycles. The summed E-state index contributed by atoms with van der Waals surface area (Å²) in [7, 11) is 0. The van der Waals surface area contributed by atoms with Crippen LogP contribution >= 0.6 is 23.2 Å². The molecule has 0 aliphatic heterocycles. The van der Waals surface area contributed by atoms with E-state index in [1.165, 1.54) is 6.07 Å². The lowest BCUT2D eigenvalue weighted by molar-refractivity contribution is -0.147. The Morgan fingerprint density at radius 2 is 1.67 bits per heavy atom. The Labute approximate surface area is 130 Å². The Hall–Kier alpha value is -2.24. The average Bonchev–Trinajstić information content (AvgIpc) is 2.39. The van der Waals surface area contributed by atoms with Crippen molar-refractivity contribution in [3.05, 3.63) is 52.5 Å². The first kappa shape index (κ1) is 15.2. The zero-order chi connectivity index (χ0) is 15.4. The molecule has 0 heterocycles. The molecule has 2 aromatic carbocycles. The van der Waals surface area contributed by atoms with Crippen molar-refractivity contribution in [2.24, 2.45) is 0 Å². The molecule has 2 N–H and O–H groups in total. The third-order valence-electron chi connectivity index (χ3n) is 2.39. The van der Waals surface area contributed by atoms with E-state index in [1.54, 1.807) is 36.4 Å². The van der Waals surface area contributed by atoms with Gasteiger partial charge in [-0.1, -0.05) is 35.3 Å². The standard InChI is InChI=1S/C14H9Cl2NO4/c15-8-5-9(16)7-10(6-8)21-12-4-2-1-3-11(12)17-13(18)14(19)20/h1-7H,(H,17,18)(H,19,20). The van der Waals surface area contributed by atoms with Gasteiger partial charge in [-0.3, -0.25) is 4.79 Å². The van der Waals surface area contributed by atoms with E-state index in [9.17, 15) is 9.59 Å². The number of anilines is 1. The molecule has 7 heteroatoms. The van der Waals surface area contributed by atoms with E-state index >= 15 is 0 Å². The van der Waals surface area contributed by atoms with Crippen molar-refractivity contribution < 1.29 is 19.4 Å². The van der Waals surface area contributed by atoms with Crippen LogP contribution in [0.15, 0.2) is 42.5 Å². The molecular formula is C14H9Cl2NO4. The SMILES string of the molecule is O=C(O)C(=O)Nc1ccccc1Oc1cc(Cl)cc(Cl)c1. The van der Waals surface area contributed by atoms with Gasteiger partial charge in [-0.2, -0.15) is 0 Å². The number of hydrogen-bond donors (Lipinski definition) is 2. The van der Waals surface area contributed by atoms with Gasteiger partial charge in [0.1, 0.15) is 5.75 Å². The summed E-state index contributed by atoms with van der Waals surface area (Å²) >= 11 is 11.7. The molecule has 5 nitrogen and oxygen atoms in total. The first-order valence-corrected chi connectivity index (χ1v) is 6.48. The first-order chi connectivity index (χ1) is 9.95. The van der Waals surface area contributed by atoms with Crippen LogP contribution in [0.25, 0.3) is 0 Å². The molecule has 0 spiro atoms. The third-order valence-corrected chi connectivity index (χ3v) is 2.83. The molecule has 0 fully saturated rings. The second-order valence-corrected chi connectivity index (χ2v) is 4.84. The second-order valence-electron chi connectivity index (χ2n) is 3.96. The number of amides is 1. The molecule has 2 rings (SSSR count). The second kappa shape index (κ2) is 6.47. The molecule has 0 aliphatic rings. The normalized spacial score (nSPS) is 10.0. The maximum absolute atomic E-state index is 11.2. The number of hydrogen-bond acceptors (Lipinski definition) is 3. The minimum atomic E-state index is -1.59. The Morgan fingerprint density at radius 3 is 2.29 bits per heavy atom. The van der Waals surface area contributed by atoms with E-state index in [2.05, 4.69) is 5.32 Å². The number of carbonyl (C=O) groups is 2. The maximum Gasteiger partial charge on any atom is 0.394 e. The summed E-state index contributed by atoms with van der Waals surface area (Å²) in [6.45, 7) is 0. The van der Waals surface area contributed by atoms with Crippen LogP contribution in [-0.4, -0.2) is 17.0 Å². The molecule has 0 bridgehead atoms. The molecular weight excluding hydrogens is 317 g/mol. The van der Waals surface area contributed by atoms with Crippen LogP contribution in [0.4, 0.5) is 5.69 Å². The van der Waals surface area contributed by atoms with Crippen molar-refractivity contribution in [1.29, 1.82) is 0 Å². The van der Waals surface area contributed by atoms with E-state index in [4.69, 9.17) is 33.0 Å². The number of para-hydroxylation sites is 2. The van der Waals surface area contributed by atoms with Crippen molar-refractivity contribution in [1.82, 2.24) is 0 Å². The highest BCUT2D eigenvalue weighted by Crippen LogP contribution is 2.32. The van der Waals surface area contributed by atoms with Gasteiger partial charge in [0.15, 0.2) is 5.75 Å². The number of carboxylic acid groups (broad SMARTS) is 1. The fraction of sp³-hybridized carbons (Fsp3) is 0. The maximum atomic E-state index is 11.2. The fourth-order valence-corrected chi connectivity index (χ4v) is 2.06. The topological polar surface area (TPSA) is 75.6 Å². The number of rotatable bonds is 3. The van der Waals surface area contributed by atoms with Gasteiger partial charge in [-0.15, -0.1) is 0 Å². The van der Waals surface area contributed by atoms with Crippen LogP contribution in [0.2, 0.25) is 10.0 Å². The highest BCUT2D eigenvalue weighted by molar-refractivity contribution is 6.36. The highest BCUT2D eigenvalue weighted by atomic mass is 35.5. The largest absolute Gasteiger partial charge is 0.474 e. The van der Waals surface area contributed by atoms with Crippen molar-refractivity contribution in [2.45, 2.75) is 0 Å². The van der Waals surface area contributed by atoms with Crippen LogP contribution in [0.1, 0.15) is 0 Å². The third kappa shape index (κ3) is 4.11. The van der Waals surface area contributed by atoms with Gasteiger partial charge in [-0.25, -0.2) is 4.79 Å². The summed E-state index contributed by atoms with van der Waals surface area (Å²) in [6.07, 6.45) is 0. The first-order valence-electron chi connectivity index (χ1n) is 5.73. The molecule has 108 valence electrons. The van der Waals surface area contributed by atoms with E-state index in [0.717, 1.165) is 0 Å². The summed E-state index contributed by atoms with van der Waals surface area (Å²) in [5.74, 6) is -2.11. The number of nitrogens with one attached hydrogen (secondary N) is 1. The van der Waals surface area contributed by atoms with E-state index in [0.29, 0.717) is 15.8 Å². The highest BCUT2D eigenvalue weighted by Gasteiger charge is 2.14. The molecule has 0 aliphatic carbocycles. The fourth-order valence-electron chi connectivity index (χ4n) is 1.55. The smallest absolute Gasteiger partial charge is 0.394 e.